The molecular weight excluding hydrogens is 341 g/mol. The highest BCUT2D eigenvalue weighted by molar-refractivity contribution is 7.17. The number of nitrogens with one attached hydrogen (secondary N) is 1. The van der Waals surface area contributed by atoms with Gasteiger partial charge in [0.25, 0.3) is 5.91 Å². The van der Waals surface area contributed by atoms with Crippen LogP contribution in [0.3, 0.4) is 0 Å². The summed E-state index contributed by atoms with van der Waals surface area (Å²) in [6, 6.07) is 15.2. The van der Waals surface area contributed by atoms with Gasteiger partial charge < -0.3 is 14.8 Å². The van der Waals surface area contributed by atoms with Gasteiger partial charge in [0, 0.05) is 22.2 Å². The SMILES string of the molecule is O=C(Nc1ccc2c(c1)OCCO2)c1ccc(-c2ccccc2F)s1. The topological polar surface area (TPSA) is 47.6 Å². The lowest BCUT2D eigenvalue weighted by molar-refractivity contribution is 0.103. The van der Waals surface area contributed by atoms with E-state index in [1.807, 2.05) is 0 Å². The Hall–Kier alpha value is -2.86. The lowest BCUT2D eigenvalue weighted by atomic mass is 10.2. The average molecular weight is 355 g/mol. The predicted octanol–water partition coefficient (Wildman–Crippen LogP) is 4.58. The molecule has 3 aromatic rings. The van der Waals surface area contributed by atoms with Crippen LogP contribution in [0.2, 0.25) is 0 Å². The van der Waals surface area contributed by atoms with Crippen molar-refractivity contribution in [1.82, 2.24) is 0 Å². The molecule has 0 saturated carbocycles. The molecule has 1 amide bonds. The predicted molar refractivity (Wildman–Crippen MR) is 95.1 cm³/mol. The number of carbonyl (C=O) groups excluding carboxylic acids is 1. The average Bonchev–Trinajstić information content (AvgIpc) is 3.12. The Kier molecular flexibility index (Phi) is 4.11. The molecule has 25 heavy (non-hydrogen) atoms. The van der Waals surface area contributed by atoms with Crippen LogP contribution in [-0.4, -0.2) is 19.1 Å². The van der Waals surface area contributed by atoms with Gasteiger partial charge in [-0.15, -0.1) is 11.3 Å². The summed E-state index contributed by atoms with van der Waals surface area (Å²) in [4.78, 5) is 13.7. The van der Waals surface area contributed by atoms with E-state index in [1.165, 1.54) is 17.4 Å². The molecule has 0 fully saturated rings. The largest absolute Gasteiger partial charge is 0.486 e. The molecule has 1 aliphatic rings. The standard InChI is InChI=1S/C19H14FNO3S/c20-14-4-2-1-3-13(14)17-7-8-18(25-17)19(22)21-12-5-6-15-16(11-12)24-10-9-23-15/h1-8,11H,9-10H2,(H,21,22). The van der Waals surface area contributed by atoms with Crippen LogP contribution in [0.5, 0.6) is 11.5 Å². The van der Waals surface area contributed by atoms with E-state index >= 15 is 0 Å². The first-order chi connectivity index (χ1) is 12.2. The van der Waals surface area contributed by atoms with E-state index in [4.69, 9.17) is 9.47 Å². The number of thiophene rings is 1. The summed E-state index contributed by atoms with van der Waals surface area (Å²) in [5, 5.41) is 2.83. The number of rotatable bonds is 3. The summed E-state index contributed by atoms with van der Waals surface area (Å²) >= 11 is 1.25. The van der Waals surface area contributed by atoms with Crippen LogP contribution in [-0.2, 0) is 0 Å². The molecule has 4 nitrogen and oxygen atoms in total. The van der Waals surface area contributed by atoms with Crippen LogP contribution in [0.15, 0.2) is 54.6 Å². The second-order valence-electron chi connectivity index (χ2n) is 5.46. The molecule has 2 aromatic carbocycles. The van der Waals surface area contributed by atoms with Crippen LogP contribution >= 0.6 is 11.3 Å². The van der Waals surface area contributed by atoms with Crippen LogP contribution in [0.25, 0.3) is 10.4 Å². The molecule has 0 spiro atoms. The Bertz CT molecular complexity index is 938. The van der Waals surface area contributed by atoms with Gasteiger partial charge in [0.15, 0.2) is 11.5 Å². The van der Waals surface area contributed by atoms with Crippen molar-refractivity contribution in [3.05, 3.63) is 65.3 Å². The number of ether oxygens (including phenoxy) is 2. The van der Waals surface area contributed by atoms with Gasteiger partial charge in [0.2, 0.25) is 0 Å². The number of anilines is 1. The van der Waals surface area contributed by atoms with Crippen LogP contribution in [0.4, 0.5) is 10.1 Å². The number of amides is 1. The third kappa shape index (κ3) is 3.21. The van der Waals surface area contributed by atoms with Gasteiger partial charge >= 0.3 is 0 Å². The normalized spacial score (nSPS) is 12.7. The van der Waals surface area contributed by atoms with E-state index in [2.05, 4.69) is 5.32 Å². The van der Waals surface area contributed by atoms with E-state index in [0.29, 0.717) is 45.7 Å². The molecular formula is C19H14FNO3S. The first-order valence-electron chi connectivity index (χ1n) is 7.76. The minimum atomic E-state index is -0.303. The quantitative estimate of drug-likeness (QED) is 0.748. The molecule has 0 bridgehead atoms. The molecule has 1 N–H and O–H groups in total. The zero-order valence-corrected chi connectivity index (χ0v) is 13.9. The van der Waals surface area contributed by atoms with Gasteiger partial charge in [-0.3, -0.25) is 4.79 Å². The highest BCUT2D eigenvalue weighted by atomic mass is 32.1. The van der Waals surface area contributed by atoms with Crippen molar-refractivity contribution in [2.45, 2.75) is 0 Å². The molecule has 6 heteroatoms. The fourth-order valence-corrected chi connectivity index (χ4v) is 3.51. The maximum atomic E-state index is 13.9. The van der Waals surface area contributed by atoms with Crippen molar-refractivity contribution in [2.75, 3.05) is 18.5 Å². The van der Waals surface area contributed by atoms with Crippen LogP contribution in [0, 0.1) is 5.82 Å². The third-order valence-electron chi connectivity index (χ3n) is 3.77. The van der Waals surface area contributed by atoms with Crippen LogP contribution < -0.4 is 14.8 Å². The fraction of sp³-hybridized carbons (Fsp3) is 0.105. The van der Waals surface area contributed by atoms with E-state index in [9.17, 15) is 9.18 Å². The number of hydrogen-bond acceptors (Lipinski definition) is 4. The Morgan fingerprint density at radius 2 is 1.80 bits per heavy atom. The molecule has 0 saturated heterocycles. The van der Waals surface area contributed by atoms with E-state index < -0.39 is 0 Å². The second kappa shape index (κ2) is 6.57. The molecule has 1 aromatic heterocycles. The third-order valence-corrected chi connectivity index (χ3v) is 4.89. The zero-order chi connectivity index (χ0) is 17.2. The Balaban J connectivity index is 1.53. The lowest BCUT2D eigenvalue weighted by Gasteiger charge is -2.18. The van der Waals surface area contributed by atoms with E-state index in [-0.39, 0.29) is 11.7 Å². The van der Waals surface area contributed by atoms with Crippen molar-refractivity contribution in [2.24, 2.45) is 0 Å². The molecule has 0 atom stereocenters. The number of fused-ring (bicyclic) bond motifs is 1. The number of halogens is 1. The van der Waals surface area contributed by atoms with Gasteiger partial charge in [-0.25, -0.2) is 4.39 Å². The highest BCUT2D eigenvalue weighted by Crippen LogP contribution is 2.34. The van der Waals surface area contributed by atoms with Gasteiger partial charge in [0.05, 0.1) is 4.88 Å². The number of carbonyl (C=O) groups is 1. The van der Waals surface area contributed by atoms with Crippen molar-refractivity contribution in [1.29, 1.82) is 0 Å². The van der Waals surface area contributed by atoms with Crippen LogP contribution in [0.1, 0.15) is 9.67 Å². The van der Waals surface area contributed by atoms with Gasteiger partial charge in [-0.05, 0) is 30.3 Å². The first-order valence-corrected chi connectivity index (χ1v) is 8.58. The smallest absolute Gasteiger partial charge is 0.265 e. The fourth-order valence-electron chi connectivity index (χ4n) is 2.58. The molecule has 2 heterocycles. The lowest BCUT2D eigenvalue weighted by Crippen LogP contribution is -2.16. The van der Waals surface area contributed by atoms with E-state index in [0.717, 1.165) is 0 Å². The molecule has 0 aliphatic carbocycles. The Morgan fingerprint density at radius 3 is 2.64 bits per heavy atom. The summed E-state index contributed by atoms with van der Waals surface area (Å²) in [5.74, 6) is 0.733. The van der Waals surface area contributed by atoms with Crippen molar-refractivity contribution < 1.29 is 18.7 Å². The molecule has 4 rings (SSSR count). The molecule has 126 valence electrons. The number of hydrogen-bond donors (Lipinski definition) is 1. The summed E-state index contributed by atoms with van der Waals surface area (Å²) in [6.07, 6.45) is 0. The van der Waals surface area contributed by atoms with Crippen molar-refractivity contribution in [3.8, 4) is 21.9 Å². The second-order valence-corrected chi connectivity index (χ2v) is 6.54. The molecule has 0 radical (unpaired) electrons. The Labute approximate surface area is 147 Å². The zero-order valence-electron chi connectivity index (χ0n) is 13.1. The summed E-state index contributed by atoms with van der Waals surface area (Å²) in [5.41, 5.74) is 1.11. The van der Waals surface area contributed by atoms with Gasteiger partial charge in [-0.2, -0.15) is 0 Å². The van der Waals surface area contributed by atoms with Crippen molar-refractivity contribution >= 4 is 22.9 Å². The minimum absolute atomic E-state index is 0.246. The summed E-state index contributed by atoms with van der Waals surface area (Å²) in [7, 11) is 0. The summed E-state index contributed by atoms with van der Waals surface area (Å²) in [6.45, 7) is 1.01. The maximum absolute atomic E-state index is 13.9. The monoisotopic (exact) mass is 355 g/mol. The van der Waals surface area contributed by atoms with Crippen molar-refractivity contribution in [3.63, 3.8) is 0 Å². The summed E-state index contributed by atoms with van der Waals surface area (Å²) < 4.78 is 24.8. The van der Waals surface area contributed by atoms with Gasteiger partial charge in [0.1, 0.15) is 19.0 Å². The maximum Gasteiger partial charge on any atom is 0.265 e. The number of benzene rings is 2. The molecule has 0 unspecified atom stereocenters. The minimum Gasteiger partial charge on any atom is -0.486 e. The van der Waals surface area contributed by atoms with Gasteiger partial charge in [-0.1, -0.05) is 18.2 Å². The highest BCUT2D eigenvalue weighted by Gasteiger charge is 2.15. The Morgan fingerprint density at radius 1 is 1.00 bits per heavy atom. The van der Waals surface area contributed by atoms with E-state index in [1.54, 1.807) is 48.5 Å². The first kappa shape index (κ1) is 15.7. The molecule has 1 aliphatic heterocycles.